The van der Waals surface area contributed by atoms with Gasteiger partial charge in [-0.1, -0.05) is 13.8 Å². The zero-order valence-corrected chi connectivity index (χ0v) is 8.48. The largest absolute Gasteiger partial charge is 0.358 e. The summed E-state index contributed by atoms with van der Waals surface area (Å²) >= 11 is 0. The van der Waals surface area contributed by atoms with Gasteiger partial charge in [-0.3, -0.25) is 4.79 Å². The van der Waals surface area contributed by atoms with Gasteiger partial charge in [-0.05, 0) is 19.8 Å². The van der Waals surface area contributed by atoms with E-state index in [9.17, 15) is 4.79 Å². The molecule has 0 saturated heterocycles. The van der Waals surface area contributed by atoms with Gasteiger partial charge in [-0.25, -0.2) is 0 Å². The second kappa shape index (κ2) is 6.00. The first-order chi connectivity index (χ1) is 5.65. The Balaban J connectivity index is 3.80. The smallest absolute Gasteiger partial charge is 0.236 e. The van der Waals surface area contributed by atoms with Gasteiger partial charge in [-0.15, -0.1) is 0 Å². The molecule has 0 aromatic carbocycles. The average Bonchev–Trinajstić information content (AvgIpc) is 2.12. The average molecular weight is 172 g/mol. The number of carbonyl (C=O) groups excluding carboxylic acids is 1. The fraction of sp³-hybridized carbons (Fsp3) is 0.889. The van der Waals surface area contributed by atoms with Crippen LogP contribution < -0.4 is 10.6 Å². The van der Waals surface area contributed by atoms with Crippen LogP contribution in [0.15, 0.2) is 0 Å². The summed E-state index contributed by atoms with van der Waals surface area (Å²) in [6, 6.07) is 0.372. The fourth-order valence-electron chi connectivity index (χ4n) is 1.17. The van der Waals surface area contributed by atoms with Crippen LogP contribution in [0.2, 0.25) is 0 Å². The molecule has 0 spiro atoms. The first-order valence-corrected chi connectivity index (χ1v) is 4.63. The lowest BCUT2D eigenvalue weighted by atomic mass is 10.1. The summed E-state index contributed by atoms with van der Waals surface area (Å²) in [5.74, 6) is 0.0573. The Morgan fingerprint density at radius 2 is 1.83 bits per heavy atom. The van der Waals surface area contributed by atoms with Gasteiger partial charge in [0.25, 0.3) is 0 Å². The summed E-state index contributed by atoms with van der Waals surface area (Å²) < 4.78 is 0. The zero-order valence-electron chi connectivity index (χ0n) is 8.48. The molecule has 12 heavy (non-hydrogen) atoms. The molecule has 0 heterocycles. The number of hydrogen-bond donors (Lipinski definition) is 2. The lowest BCUT2D eigenvalue weighted by molar-refractivity contribution is -0.122. The van der Waals surface area contributed by atoms with Crippen LogP contribution in [0.5, 0.6) is 0 Å². The minimum Gasteiger partial charge on any atom is -0.358 e. The maximum Gasteiger partial charge on any atom is 0.236 e. The van der Waals surface area contributed by atoms with Gasteiger partial charge >= 0.3 is 0 Å². The van der Waals surface area contributed by atoms with Crippen LogP contribution in [0.4, 0.5) is 0 Å². The van der Waals surface area contributed by atoms with E-state index < -0.39 is 0 Å². The van der Waals surface area contributed by atoms with Crippen molar-refractivity contribution in [1.29, 1.82) is 0 Å². The lowest BCUT2D eigenvalue weighted by Crippen LogP contribution is -2.45. The van der Waals surface area contributed by atoms with Crippen molar-refractivity contribution in [2.45, 2.75) is 45.7 Å². The number of carbonyl (C=O) groups is 1. The number of rotatable bonds is 5. The first-order valence-electron chi connectivity index (χ1n) is 4.63. The highest BCUT2D eigenvalue weighted by Gasteiger charge is 2.13. The Bertz CT molecular complexity index is 132. The molecule has 0 rings (SSSR count). The van der Waals surface area contributed by atoms with Crippen molar-refractivity contribution in [2.24, 2.45) is 0 Å². The molecule has 0 aliphatic carbocycles. The number of nitrogens with one attached hydrogen (secondary N) is 2. The predicted octanol–water partition coefficient (Wildman–Crippen LogP) is 0.899. The SMILES string of the molecule is CCC(CC)N[C@H](C)C(=O)NC. The fourth-order valence-corrected chi connectivity index (χ4v) is 1.17. The summed E-state index contributed by atoms with van der Waals surface area (Å²) in [7, 11) is 1.66. The zero-order chi connectivity index (χ0) is 9.56. The van der Waals surface area contributed by atoms with Crippen LogP contribution in [-0.2, 0) is 4.79 Å². The van der Waals surface area contributed by atoms with E-state index in [0.717, 1.165) is 12.8 Å². The van der Waals surface area contributed by atoms with Gasteiger partial charge in [0.2, 0.25) is 5.91 Å². The minimum atomic E-state index is -0.0834. The third-order valence-corrected chi connectivity index (χ3v) is 2.11. The lowest BCUT2D eigenvalue weighted by Gasteiger charge is -2.19. The molecule has 0 saturated carbocycles. The Morgan fingerprint density at radius 1 is 1.33 bits per heavy atom. The van der Waals surface area contributed by atoms with Crippen LogP contribution >= 0.6 is 0 Å². The van der Waals surface area contributed by atoms with E-state index >= 15 is 0 Å². The molecule has 72 valence electrons. The maximum atomic E-state index is 11.1. The van der Waals surface area contributed by atoms with Crippen molar-refractivity contribution >= 4 is 5.91 Å². The number of likely N-dealkylation sites (N-methyl/N-ethyl adjacent to an activating group) is 1. The molecule has 0 aromatic rings. The Kier molecular flexibility index (Phi) is 5.72. The van der Waals surface area contributed by atoms with Gasteiger partial charge in [-0.2, -0.15) is 0 Å². The Labute approximate surface area is 74.9 Å². The van der Waals surface area contributed by atoms with E-state index in [1.165, 1.54) is 0 Å². The van der Waals surface area contributed by atoms with Crippen LogP contribution in [-0.4, -0.2) is 25.0 Å². The van der Waals surface area contributed by atoms with Crippen molar-refractivity contribution in [3.8, 4) is 0 Å². The molecule has 0 unspecified atom stereocenters. The third kappa shape index (κ3) is 3.72. The normalized spacial score (nSPS) is 13.1. The summed E-state index contributed by atoms with van der Waals surface area (Å²) in [6.07, 6.45) is 2.13. The molecule has 0 fully saturated rings. The molecule has 0 radical (unpaired) electrons. The van der Waals surface area contributed by atoms with Gasteiger partial charge in [0.1, 0.15) is 0 Å². The molecule has 3 heteroatoms. The summed E-state index contributed by atoms with van der Waals surface area (Å²) in [5.41, 5.74) is 0. The summed E-state index contributed by atoms with van der Waals surface area (Å²) in [6.45, 7) is 6.13. The molecule has 0 bridgehead atoms. The van der Waals surface area contributed by atoms with Crippen molar-refractivity contribution in [3.05, 3.63) is 0 Å². The van der Waals surface area contributed by atoms with Gasteiger partial charge < -0.3 is 10.6 Å². The van der Waals surface area contributed by atoms with E-state index in [-0.39, 0.29) is 11.9 Å². The summed E-state index contributed by atoms with van der Waals surface area (Å²) in [5, 5.41) is 5.87. The van der Waals surface area contributed by atoms with Crippen LogP contribution in [0.3, 0.4) is 0 Å². The number of hydrogen-bond acceptors (Lipinski definition) is 2. The van der Waals surface area contributed by atoms with E-state index in [1.807, 2.05) is 6.92 Å². The first kappa shape index (κ1) is 11.4. The second-order valence-electron chi connectivity index (χ2n) is 3.02. The van der Waals surface area contributed by atoms with Crippen LogP contribution in [0.1, 0.15) is 33.6 Å². The molecule has 0 aliphatic heterocycles. The van der Waals surface area contributed by atoms with E-state index in [0.29, 0.717) is 6.04 Å². The molecular formula is C9H20N2O. The monoisotopic (exact) mass is 172 g/mol. The van der Waals surface area contributed by atoms with Crippen molar-refractivity contribution in [3.63, 3.8) is 0 Å². The molecule has 0 aromatic heterocycles. The molecule has 1 atom stereocenters. The second-order valence-corrected chi connectivity index (χ2v) is 3.02. The molecule has 2 N–H and O–H groups in total. The minimum absolute atomic E-state index is 0.0573. The van der Waals surface area contributed by atoms with E-state index in [2.05, 4.69) is 24.5 Å². The predicted molar refractivity (Wildman–Crippen MR) is 51.0 cm³/mol. The standard InChI is InChI=1S/C9H20N2O/c1-5-8(6-2)11-7(3)9(12)10-4/h7-8,11H,5-6H2,1-4H3,(H,10,12)/t7-/m1/s1. The molecule has 0 aliphatic rings. The summed E-state index contributed by atoms with van der Waals surface area (Å²) in [4.78, 5) is 11.1. The Morgan fingerprint density at radius 3 is 2.17 bits per heavy atom. The van der Waals surface area contributed by atoms with Gasteiger partial charge in [0, 0.05) is 13.1 Å². The highest BCUT2D eigenvalue weighted by atomic mass is 16.2. The molecule has 1 amide bonds. The highest BCUT2D eigenvalue weighted by Crippen LogP contribution is 1.97. The van der Waals surface area contributed by atoms with Crippen molar-refractivity contribution in [1.82, 2.24) is 10.6 Å². The van der Waals surface area contributed by atoms with Crippen molar-refractivity contribution in [2.75, 3.05) is 7.05 Å². The van der Waals surface area contributed by atoms with Gasteiger partial charge in [0.15, 0.2) is 0 Å². The van der Waals surface area contributed by atoms with Gasteiger partial charge in [0.05, 0.1) is 6.04 Å². The highest BCUT2D eigenvalue weighted by molar-refractivity contribution is 5.80. The third-order valence-electron chi connectivity index (χ3n) is 2.11. The van der Waals surface area contributed by atoms with Crippen LogP contribution in [0.25, 0.3) is 0 Å². The van der Waals surface area contributed by atoms with E-state index in [1.54, 1.807) is 7.05 Å². The maximum absolute atomic E-state index is 11.1. The number of amides is 1. The van der Waals surface area contributed by atoms with Crippen molar-refractivity contribution < 1.29 is 4.79 Å². The Hall–Kier alpha value is -0.570. The topological polar surface area (TPSA) is 41.1 Å². The van der Waals surface area contributed by atoms with Crippen LogP contribution in [0, 0.1) is 0 Å². The molecular weight excluding hydrogens is 152 g/mol. The molecule has 3 nitrogen and oxygen atoms in total. The quantitative estimate of drug-likeness (QED) is 0.647. The van der Waals surface area contributed by atoms with E-state index in [4.69, 9.17) is 0 Å².